The molecule has 2 fully saturated rings. The summed E-state index contributed by atoms with van der Waals surface area (Å²) >= 11 is 0. The van der Waals surface area contributed by atoms with Crippen LogP contribution < -0.4 is 5.32 Å². The van der Waals surface area contributed by atoms with Crippen LogP contribution in [0.25, 0.3) is 0 Å². The fourth-order valence-corrected chi connectivity index (χ4v) is 3.74. The fourth-order valence-electron chi connectivity index (χ4n) is 3.74. The SMILES string of the molecule is O=C(Cc1ccccc1)NCC(=O)N1CCN(C(=O)C2CCCC2)CC1. The molecule has 1 aromatic rings. The molecule has 6 nitrogen and oxygen atoms in total. The molecule has 0 unspecified atom stereocenters. The minimum atomic E-state index is -0.153. The van der Waals surface area contributed by atoms with Crippen molar-refractivity contribution in [3.8, 4) is 0 Å². The summed E-state index contributed by atoms with van der Waals surface area (Å²) in [6, 6.07) is 9.46. The van der Waals surface area contributed by atoms with Gasteiger partial charge in [0.25, 0.3) is 0 Å². The van der Waals surface area contributed by atoms with Crippen molar-refractivity contribution in [1.29, 1.82) is 0 Å². The van der Waals surface area contributed by atoms with Gasteiger partial charge in [-0.1, -0.05) is 43.2 Å². The van der Waals surface area contributed by atoms with E-state index in [1.807, 2.05) is 35.2 Å². The molecule has 1 saturated carbocycles. The van der Waals surface area contributed by atoms with Crippen molar-refractivity contribution in [1.82, 2.24) is 15.1 Å². The van der Waals surface area contributed by atoms with Crippen LogP contribution in [0.3, 0.4) is 0 Å². The zero-order valence-electron chi connectivity index (χ0n) is 15.2. The summed E-state index contributed by atoms with van der Waals surface area (Å²) in [5, 5.41) is 2.70. The number of amides is 3. The summed E-state index contributed by atoms with van der Waals surface area (Å²) in [6.45, 7) is 2.30. The smallest absolute Gasteiger partial charge is 0.242 e. The molecule has 1 saturated heterocycles. The van der Waals surface area contributed by atoms with Crippen LogP contribution in [0.15, 0.2) is 30.3 Å². The van der Waals surface area contributed by atoms with Gasteiger partial charge in [-0.2, -0.15) is 0 Å². The molecule has 0 aromatic heterocycles. The molecule has 1 aliphatic carbocycles. The lowest BCUT2D eigenvalue weighted by molar-refractivity contribution is -0.142. The number of carbonyl (C=O) groups excluding carboxylic acids is 3. The Morgan fingerprint density at radius 3 is 2.19 bits per heavy atom. The Labute approximate surface area is 154 Å². The highest BCUT2D eigenvalue weighted by atomic mass is 16.2. The van der Waals surface area contributed by atoms with Crippen LogP contribution in [-0.2, 0) is 20.8 Å². The number of rotatable bonds is 5. The van der Waals surface area contributed by atoms with Gasteiger partial charge in [-0.3, -0.25) is 14.4 Å². The highest BCUT2D eigenvalue weighted by molar-refractivity contribution is 5.86. The van der Waals surface area contributed by atoms with Gasteiger partial charge in [-0.25, -0.2) is 0 Å². The Morgan fingerprint density at radius 1 is 0.923 bits per heavy atom. The van der Waals surface area contributed by atoms with Crippen LogP contribution >= 0.6 is 0 Å². The lowest BCUT2D eigenvalue weighted by Gasteiger charge is -2.36. The third-order valence-corrected chi connectivity index (χ3v) is 5.29. The van der Waals surface area contributed by atoms with E-state index in [0.29, 0.717) is 26.2 Å². The van der Waals surface area contributed by atoms with Gasteiger partial charge in [-0.05, 0) is 18.4 Å². The first-order valence-electron chi connectivity index (χ1n) is 9.50. The second kappa shape index (κ2) is 8.83. The number of carbonyl (C=O) groups is 3. The van der Waals surface area contributed by atoms with Crippen LogP contribution in [0.4, 0.5) is 0 Å². The molecule has 26 heavy (non-hydrogen) atoms. The average Bonchev–Trinajstić information content (AvgIpc) is 3.21. The highest BCUT2D eigenvalue weighted by Gasteiger charge is 2.30. The normalized spacial score (nSPS) is 18.0. The summed E-state index contributed by atoms with van der Waals surface area (Å²) in [6.07, 6.45) is 4.59. The van der Waals surface area contributed by atoms with E-state index in [0.717, 1.165) is 31.2 Å². The number of hydrogen-bond acceptors (Lipinski definition) is 3. The summed E-state index contributed by atoms with van der Waals surface area (Å²) in [5.74, 6) is 0.208. The predicted molar refractivity (Wildman–Crippen MR) is 98.3 cm³/mol. The maximum absolute atomic E-state index is 12.4. The van der Waals surface area contributed by atoms with Crippen LogP contribution in [-0.4, -0.2) is 60.2 Å². The largest absolute Gasteiger partial charge is 0.347 e. The molecule has 0 radical (unpaired) electrons. The molecule has 1 heterocycles. The number of hydrogen-bond donors (Lipinski definition) is 1. The Balaban J connectivity index is 1.38. The Kier molecular flexibility index (Phi) is 6.26. The van der Waals surface area contributed by atoms with Crippen molar-refractivity contribution in [3.05, 3.63) is 35.9 Å². The molecule has 3 rings (SSSR count). The molecule has 1 aromatic carbocycles. The molecule has 1 aliphatic heterocycles. The van der Waals surface area contributed by atoms with Crippen molar-refractivity contribution in [3.63, 3.8) is 0 Å². The summed E-state index contributed by atoms with van der Waals surface area (Å²) < 4.78 is 0. The van der Waals surface area contributed by atoms with Crippen molar-refractivity contribution in [2.45, 2.75) is 32.1 Å². The molecule has 3 amide bonds. The standard InChI is InChI=1S/C20H27N3O3/c24-18(14-16-6-2-1-3-7-16)21-15-19(25)22-10-12-23(13-11-22)20(26)17-8-4-5-9-17/h1-3,6-7,17H,4-5,8-15H2,(H,21,24). The molecule has 1 N–H and O–H groups in total. The van der Waals surface area contributed by atoms with E-state index in [1.54, 1.807) is 4.90 Å². The van der Waals surface area contributed by atoms with E-state index in [1.165, 1.54) is 0 Å². The maximum atomic E-state index is 12.4. The first-order chi connectivity index (χ1) is 12.6. The lowest BCUT2D eigenvalue weighted by atomic mass is 10.1. The quantitative estimate of drug-likeness (QED) is 0.861. The first kappa shape index (κ1) is 18.4. The zero-order chi connectivity index (χ0) is 18.4. The Hall–Kier alpha value is -2.37. The monoisotopic (exact) mass is 357 g/mol. The van der Waals surface area contributed by atoms with Crippen molar-refractivity contribution >= 4 is 17.7 Å². The summed E-state index contributed by atoms with van der Waals surface area (Å²) in [4.78, 5) is 40.3. The van der Waals surface area contributed by atoms with Crippen molar-refractivity contribution < 1.29 is 14.4 Å². The molecular formula is C20H27N3O3. The molecule has 0 spiro atoms. The van der Waals surface area contributed by atoms with E-state index < -0.39 is 0 Å². The van der Waals surface area contributed by atoms with E-state index in [2.05, 4.69) is 5.32 Å². The summed E-state index contributed by atoms with van der Waals surface area (Å²) in [7, 11) is 0. The van der Waals surface area contributed by atoms with Gasteiger partial charge in [0.2, 0.25) is 17.7 Å². The zero-order valence-corrected chi connectivity index (χ0v) is 15.2. The number of piperazine rings is 1. The third-order valence-electron chi connectivity index (χ3n) is 5.29. The third kappa shape index (κ3) is 4.84. The number of nitrogens with zero attached hydrogens (tertiary/aromatic N) is 2. The second-order valence-electron chi connectivity index (χ2n) is 7.13. The molecule has 0 bridgehead atoms. The first-order valence-corrected chi connectivity index (χ1v) is 9.50. The molecular weight excluding hydrogens is 330 g/mol. The molecule has 2 aliphatic rings. The second-order valence-corrected chi connectivity index (χ2v) is 7.13. The van der Waals surface area contributed by atoms with Gasteiger partial charge < -0.3 is 15.1 Å². The average molecular weight is 357 g/mol. The molecule has 140 valence electrons. The minimum absolute atomic E-state index is 0.0161. The molecule has 0 atom stereocenters. The minimum Gasteiger partial charge on any atom is -0.347 e. The van der Waals surface area contributed by atoms with Crippen LogP contribution in [0, 0.1) is 5.92 Å². The van der Waals surface area contributed by atoms with E-state index >= 15 is 0 Å². The Morgan fingerprint density at radius 2 is 1.54 bits per heavy atom. The predicted octanol–water partition coefficient (Wildman–Crippen LogP) is 1.21. The van der Waals surface area contributed by atoms with Crippen LogP contribution in [0.1, 0.15) is 31.2 Å². The van der Waals surface area contributed by atoms with E-state index in [4.69, 9.17) is 0 Å². The van der Waals surface area contributed by atoms with Gasteiger partial charge in [0.05, 0.1) is 13.0 Å². The van der Waals surface area contributed by atoms with Gasteiger partial charge in [0, 0.05) is 32.1 Å². The van der Waals surface area contributed by atoms with Crippen molar-refractivity contribution in [2.24, 2.45) is 5.92 Å². The van der Waals surface area contributed by atoms with Gasteiger partial charge in [0.1, 0.15) is 0 Å². The number of nitrogens with one attached hydrogen (secondary N) is 1. The maximum Gasteiger partial charge on any atom is 0.242 e. The number of benzene rings is 1. The van der Waals surface area contributed by atoms with Gasteiger partial charge >= 0.3 is 0 Å². The van der Waals surface area contributed by atoms with Crippen molar-refractivity contribution in [2.75, 3.05) is 32.7 Å². The van der Waals surface area contributed by atoms with E-state index in [9.17, 15) is 14.4 Å². The molecule has 6 heteroatoms. The fraction of sp³-hybridized carbons (Fsp3) is 0.550. The summed E-state index contributed by atoms with van der Waals surface area (Å²) in [5.41, 5.74) is 0.927. The van der Waals surface area contributed by atoms with Crippen LogP contribution in [0.5, 0.6) is 0 Å². The Bertz CT molecular complexity index is 633. The lowest BCUT2D eigenvalue weighted by Crippen LogP contribution is -2.53. The van der Waals surface area contributed by atoms with Gasteiger partial charge in [-0.15, -0.1) is 0 Å². The topological polar surface area (TPSA) is 69.7 Å². The van der Waals surface area contributed by atoms with Gasteiger partial charge in [0.15, 0.2) is 0 Å². The highest BCUT2D eigenvalue weighted by Crippen LogP contribution is 2.26. The van der Waals surface area contributed by atoms with Crippen LogP contribution in [0.2, 0.25) is 0 Å². The van der Waals surface area contributed by atoms with E-state index in [-0.39, 0.29) is 36.6 Å².